The van der Waals surface area contributed by atoms with Gasteiger partial charge >= 0.3 is 0 Å². The lowest BCUT2D eigenvalue weighted by Crippen LogP contribution is -2.09. The SMILES string of the molecule is Cc1cc(NC(C)c2ncn[nH]2)c2cc(N)ccc2n1. The fourth-order valence-electron chi connectivity index (χ4n) is 2.22. The molecule has 1 unspecified atom stereocenters. The molecule has 3 aromatic rings. The maximum atomic E-state index is 5.87. The highest BCUT2D eigenvalue weighted by Gasteiger charge is 2.11. The number of benzene rings is 1. The molecule has 2 heterocycles. The Hall–Kier alpha value is -2.63. The Morgan fingerprint density at radius 1 is 1.30 bits per heavy atom. The first kappa shape index (κ1) is 12.4. The second kappa shape index (κ2) is 4.80. The zero-order chi connectivity index (χ0) is 14.1. The van der Waals surface area contributed by atoms with Crippen LogP contribution in [0.1, 0.15) is 24.5 Å². The summed E-state index contributed by atoms with van der Waals surface area (Å²) in [5.74, 6) is 0.788. The molecule has 0 amide bonds. The van der Waals surface area contributed by atoms with Crippen molar-refractivity contribution < 1.29 is 0 Å². The maximum absolute atomic E-state index is 5.87. The number of pyridine rings is 1. The summed E-state index contributed by atoms with van der Waals surface area (Å²) in [5, 5.41) is 11.2. The molecule has 2 aromatic heterocycles. The van der Waals surface area contributed by atoms with Gasteiger partial charge in [-0.25, -0.2) is 4.98 Å². The van der Waals surface area contributed by atoms with E-state index in [1.807, 2.05) is 38.1 Å². The molecule has 0 spiro atoms. The molecule has 6 nitrogen and oxygen atoms in total. The number of nitrogens with one attached hydrogen (secondary N) is 2. The van der Waals surface area contributed by atoms with Crippen LogP contribution in [0.2, 0.25) is 0 Å². The van der Waals surface area contributed by atoms with E-state index in [0.717, 1.165) is 33.8 Å². The molecular formula is C14H16N6. The lowest BCUT2D eigenvalue weighted by Gasteiger charge is -2.15. The number of aromatic amines is 1. The molecule has 0 aliphatic carbocycles. The number of aromatic nitrogens is 4. The number of rotatable bonds is 3. The standard InChI is InChI=1S/C14H16N6/c1-8-5-13(19-9(2)14-16-7-17-20-14)11-6-10(15)3-4-12(11)18-8/h3-7,9H,15H2,1-2H3,(H,18,19)(H,16,17,20). The lowest BCUT2D eigenvalue weighted by atomic mass is 10.1. The number of aryl methyl sites for hydroxylation is 1. The fraction of sp³-hybridized carbons (Fsp3) is 0.214. The number of fused-ring (bicyclic) bond motifs is 1. The van der Waals surface area contributed by atoms with Gasteiger partial charge in [-0.15, -0.1) is 0 Å². The highest BCUT2D eigenvalue weighted by atomic mass is 15.2. The Morgan fingerprint density at radius 2 is 2.15 bits per heavy atom. The quantitative estimate of drug-likeness (QED) is 0.634. The van der Waals surface area contributed by atoms with E-state index in [9.17, 15) is 0 Å². The van der Waals surface area contributed by atoms with Gasteiger partial charge in [0.05, 0.1) is 11.6 Å². The van der Waals surface area contributed by atoms with Gasteiger partial charge in [-0.1, -0.05) is 0 Å². The third-order valence-corrected chi connectivity index (χ3v) is 3.18. The molecule has 1 aromatic carbocycles. The van der Waals surface area contributed by atoms with Crippen LogP contribution in [-0.2, 0) is 0 Å². The van der Waals surface area contributed by atoms with E-state index in [2.05, 4.69) is 25.5 Å². The summed E-state index contributed by atoms with van der Waals surface area (Å²) in [6.45, 7) is 3.99. The van der Waals surface area contributed by atoms with Gasteiger partial charge in [0.1, 0.15) is 12.2 Å². The highest BCUT2D eigenvalue weighted by molar-refractivity contribution is 5.93. The maximum Gasteiger partial charge on any atom is 0.146 e. The van der Waals surface area contributed by atoms with Crippen molar-refractivity contribution >= 4 is 22.3 Å². The highest BCUT2D eigenvalue weighted by Crippen LogP contribution is 2.27. The summed E-state index contributed by atoms with van der Waals surface area (Å²) in [5.41, 5.74) is 9.46. The zero-order valence-corrected chi connectivity index (χ0v) is 11.4. The number of nitrogen functional groups attached to an aromatic ring is 1. The average molecular weight is 268 g/mol. The van der Waals surface area contributed by atoms with E-state index < -0.39 is 0 Å². The Kier molecular flexibility index (Phi) is 2.98. The molecule has 102 valence electrons. The van der Waals surface area contributed by atoms with Gasteiger partial charge in [0.25, 0.3) is 0 Å². The minimum Gasteiger partial charge on any atom is -0.399 e. The number of nitrogens with zero attached hydrogens (tertiary/aromatic N) is 3. The zero-order valence-electron chi connectivity index (χ0n) is 11.4. The van der Waals surface area contributed by atoms with Crippen LogP contribution in [0.25, 0.3) is 10.9 Å². The monoisotopic (exact) mass is 268 g/mol. The Balaban J connectivity index is 2.04. The van der Waals surface area contributed by atoms with Gasteiger partial charge in [0.15, 0.2) is 0 Å². The third kappa shape index (κ3) is 2.27. The smallest absolute Gasteiger partial charge is 0.146 e. The summed E-state index contributed by atoms with van der Waals surface area (Å²) < 4.78 is 0. The first-order valence-electron chi connectivity index (χ1n) is 6.42. The largest absolute Gasteiger partial charge is 0.399 e. The molecule has 20 heavy (non-hydrogen) atoms. The van der Waals surface area contributed by atoms with Gasteiger partial charge in [-0.05, 0) is 38.1 Å². The first-order valence-corrected chi connectivity index (χ1v) is 6.42. The van der Waals surface area contributed by atoms with Crippen LogP contribution in [0, 0.1) is 6.92 Å². The minimum absolute atomic E-state index is 0.0175. The second-order valence-corrected chi connectivity index (χ2v) is 4.82. The normalized spacial score (nSPS) is 12.5. The Morgan fingerprint density at radius 3 is 2.90 bits per heavy atom. The van der Waals surface area contributed by atoms with Crippen molar-refractivity contribution in [3.05, 3.63) is 42.1 Å². The molecule has 6 heteroatoms. The topological polar surface area (TPSA) is 92.5 Å². The van der Waals surface area contributed by atoms with E-state index >= 15 is 0 Å². The number of H-pyrrole nitrogens is 1. The van der Waals surface area contributed by atoms with Gasteiger partial charge in [-0.2, -0.15) is 5.10 Å². The van der Waals surface area contributed by atoms with Gasteiger partial charge in [0.2, 0.25) is 0 Å². The fourth-order valence-corrected chi connectivity index (χ4v) is 2.22. The third-order valence-electron chi connectivity index (χ3n) is 3.18. The van der Waals surface area contributed by atoms with Crippen LogP contribution in [0.5, 0.6) is 0 Å². The molecule has 0 bridgehead atoms. The van der Waals surface area contributed by atoms with Gasteiger partial charge in [0, 0.05) is 22.5 Å². The van der Waals surface area contributed by atoms with Crippen LogP contribution in [0.15, 0.2) is 30.6 Å². The molecule has 0 aliphatic rings. The molecule has 0 saturated heterocycles. The van der Waals surface area contributed by atoms with E-state index in [0.29, 0.717) is 0 Å². The molecule has 0 saturated carbocycles. The summed E-state index contributed by atoms with van der Waals surface area (Å²) in [7, 11) is 0. The molecule has 0 aliphatic heterocycles. The number of hydrogen-bond donors (Lipinski definition) is 3. The van der Waals surface area contributed by atoms with Crippen LogP contribution >= 0.6 is 0 Å². The number of nitrogens with two attached hydrogens (primary N) is 1. The van der Waals surface area contributed by atoms with Gasteiger partial charge < -0.3 is 11.1 Å². The molecule has 0 fully saturated rings. The predicted octanol–water partition coefficient (Wildman–Crippen LogP) is 2.42. The van der Waals surface area contributed by atoms with Crippen LogP contribution in [0.4, 0.5) is 11.4 Å². The van der Waals surface area contributed by atoms with Crippen LogP contribution < -0.4 is 11.1 Å². The van der Waals surface area contributed by atoms with Crippen molar-refractivity contribution in [3.63, 3.8) is 0 Å². The van der Waals surface area contributed by atoms with Gasteiger partial charge in [-0.3, -0.25) is 10.1 Å². The summed E-state index contributed by atoms with van der Waals surface area (Å²) >= 11 is 0. The summed E-state index contributed by atoms with van der Waals surface area (Å²) in [6, 6.07) is 7.75. The Bertz CT molecular complexity index is 735. The minimum atomic E-state index is 0.0175. The van der Waals surface area contributed by atoms with E-state index in [1.165, 1.54) is 6.33 Å². The van der Waals surface area contributed by atoms with Crippen LogP contribution in [-0.4, -0.2) is 20.2 Å². The van der Waals surface area contributed by atoms with Crippen LogP contribution in [0.3, 0.4) is 0 Å². The van der Waals surface area contributed by atoms with Crippen molar-refractivity contribution in [2.24, 2.45) is 0 Å². The first-order chi connectivity index (χ1) is 9.63. The molecular weight excluding hydrogens is 252 g/mol. The Labute approximate surface area is 116 Å². The summed E-state index contributed by atoms with van der Waals surface area (Å²) in [6.07, 6.45) is 1.50. The molecule has 1 atom stereocenters. The summed E-state index contributed by atoms with van der Waals surface area (Å²) in [4.78, 5) is 8.68. The van der Waals surface area contributed by atoms with E-state index in [4.69, 9.17) is 5.73 Å². The molecule has 4 N–H and O–H groups in total. The van der Waals surface area contributed by atoms with Crippen molar-refractivity contribution in [3.8, 4) is 0 Å². The van der Waals surface area contributed by atoms with E-state index in [1.54, 1.807) is 0 Å². The number of anilines is 2. The predicted molar refractivity (Wildman–Crippen MR) is 79.3 cm³/mol. The average Bonchev–Trinajstić information content (AvgIpc) is 2.93. The van der Waals surface area contributed by atoms with Crippen molar-refractivity contribution in [1.82, 2.24) is 20.2 Å². The number of hydrogen-bond acceptors (Lipinski definition) is 5. The van der Waals surface area contributed by atoms with Crippen molar-refractivity contribution in [1.29, 1.82) is 0 Å². The second-order valence-electron chi connectivity index (χ2n) is 4.82. The van der Waals surface area contributed by atoms with Crippen molar-refractivity contribution in [2.75, 3.05) is 11.1 Å². The van der Waals surface area contributed by atoms with Crippen molar-refractivity contribution in [2.45, 2.75) is 19.9 Å². The lowest BCUT2D eigenvalue weighted by molar-refractivity contribution is 0.796. The van der Waals surface area contributed by atoms with E-state index in [-0.39, 0.29) is 6.04 Å². The molecule has 3 rings (SSSR count). The molecule has 0 radical (unpaired) electrons.